The number of amides is 1. The summed E-state index contributed by atoms with van der Waals surface area (Å²) in [7, 11) is 0. The first-order chi connectivity index (χ1) is 8.66. The monoisotopic (exact) mass is 320 g/mol. The number of halogens is 2. The lowest BCUT2D eigenvalue weighted by molar-refractivity contribution is 0.0788. The summed E-state index contributed by atoms with van der Waals surface area (Å²) in [5, 5.41) is 2.44. The van der Waals surface area contributed by atoms with Gasteiger partial charge in [0.1, 0.15) is 4.88 Å². The van der Waals surface area contributed by atoms with Crippen LogP contribution in [0.4, 0.5) is 0 Å². The van der Waals surface area contributed by atoms with Crippen molar-refractivity contribution in [2.75, 3.05) is 13.1 Å². The van der Waals surface area contributed by atoms with E-state index in [0.29, 0.717) is 21.7 Å². The van der Waals surface area contributed by atoms with Gasteiger partial charge in [-0.2, -0.15) is 0 Å². The summed E-state index contributed by atoms with van der Waals surface area (Å²) < 4.78 is 0. The first-order valence-electron chi connectivity index (χ1n) is 6.44. The Bertz CT molecular complexity index is 465. The number of likely N-dealkylation sites (tertiary alicyclic amines) is 1. The van der Waals surface area contributed by atoms with Gasteiger partial charge in [0.2, 0.25) is 0 Å². The third-order valence-corrected chi connectivity index (χ3v) is 5.58. The molecule has 1 saturated heterocycles. The zero-order valence-electron chi connectivity index (χ0n) is 10.5. The van der Waals surface area contributed by atoms with Gasteiger partial charge in [-0.15, -0.1) is 23.7 Å². The number of carbonyl (C=O) groups is 1. The lowest BCUT2D eigenvalue weighted by Gasteiger charge is -2.29. The minimum Gasteiger partial charge on any atom is -0.337 e. The summed E-state index contributed by atoms with van der Waals surface area (Å²) in [6, 6.07) is 2.05. The number of thiophene rings is 1. The van der Waals surface area contributed by atoms with Crippen molar-refractivity contribution in [3.05, 3.63) is 21.3 Å². The normalized spacial score (nSPS) is 29.8. The molecule has 106 valence electrons. The molecule has 0 spiro atoms. The number of hydrogen-bond acceptors (Lipinski definition) is 3. The van der Waals surface area contributed by atoms with Gasteiger partial charge in [-0.05, 0) is 36.1 Å². The van der Waals surface area contributed by atoms with Crippen LogP contribution in [0.2, 0.25) is 5.02 Å². The van der Waals surface area contributed by atoms with E-state index in [9.17, 15) is 4.79 Å². The van der Waals surface area contributed by atoms with Crippen LogP contribution in [0.1, 0.15) is 28.9 Å². The van der Waals surface area contributed by atoms with Crippen LogP contribution in [0, 0.1) is 11.8 Å². The second-order valence-electron chi connectivity index (χ2n) is 5.33. The third-order valence-electron chi connectivity index (χ3n) is 4.25. The van der Waals surface area contributed by atoms with Crippen molar-refractivity contribution in [3.8, 4) is 0 Å². The molecule has 3 unspecified atom stereocenters. The Morgan fingerprint density at radius 3 is 2.84 bits per heavy atom. The number of carbonyl (C=O) groups excluding carboxylic acids is 1. The number of fused-ring (bicyclic) bond motifs is 1. The van der Waals surface area contributed by atoms with Crippen molar-refractivity contribution in [3.63, 3.8) is 0 Å². The highest BCUT2D eigenvalue weighted by atomic mass is 35.5. The Labute approximate surface area is 128 Å². The van der Waals surface area contributed by atoms with Gasteiger partial charge < -0.3 is 10.6 Å². The molecule has 6 heteroatoms. The van der Waals surface area contributed by atoms with E-state index in [1.165, 1.54) is 24.2 Å². The molecule has 3 rings (SSSR count). The number of nitrogens with zero attached hydrogens (tertiary/aromatic N) is 1. The fraction of sp³-hybridized carbons (Fsp3) is 0.615. The van der Waals surface area contributed by atoms with Gasteiger partial charge in [0.05, 0.1) is 5.02 Å². The molecule has 2 heterocycles. The fourth-order valence-corrected chi connectivity index (χ4v) is 4.38. The number of hydrogen-bond donors (Lipinski definition) is 1. The van der Waals surface area contributed by atoms with Gasteiger partial charge in [0, 0.05) is 19.1 Å². The molecule has 19 heavy (non-hydrogen) atoms. The van der Waals surface area contributed by atoms with E-state index in [4.69, 9.17) is 17.3 Å². The lowest BCUT2D eigenvalue weighted by atomic mass is 9.78. The Kier molecular flexibility index (Phi) is 4.77. The minimum absolute atomic E-state index is 0. The molecule has 2 fully saturated rings. The molecule has 3 atom stereocenters. The van der Waals surface area contributed by atoms with Crippen LogP contribution >= 0.6 is 35.3 Å². The predicted molar refractivity (Wildman–Crippen MR) is 81.3 cm³/mol. The predicted octanol–water partition coefficient (Wildman–Crippen LogP) is 3.02. The summed E-state index contributed by atoms with van der Waals surface area (Å²) in [4.78, 5) is 15.0. The van der Waals surface area contributed by atoms with E-state index in [1.807, 2.05) is 10.3 Å². The van der Waals surface area contributed by atoms with Crippen LogP contribution in [0.5, 0.6) is 0 Å². The largest absolute Gasteiger partial charge is 0.337 e. The Morgan fingerprint density at radius 1 is 1.42 bits per heavy atom. The van der Waals surface area contributed by atoms with Gasteiger partial charge in [0.15, 0.2) is 0 Å². The Hall–Kier alpha value is -0.290. The van der Waals surface area contributed by atoms with Gasteiger partial charge in [0.25, 0.3) is 5.91 Å². The molecule has 2 N–H and O–H groups in total. The molecule has 1 aromatic heterocycles. The molecule has 0 bridgehead atoms. The highest BCUT2D eigenvalue weighted by molar-refractivity contribution is 7.12. The van der Waals surface area contributed by atoms with Crippen LogP contribution in [-0.2, 0) is 0 Å². The zero-order valence-corrected chi connectivity index (χ0v) is 12.9. The van der Waals surface area contributed by atoms with Gasteiger partial charge in [-0.25, -0.2) is 0 Å². The Morgan fingerprint density at radius 2 is 2.21 bits per heavy atom. The minimum atomic E-state index is 0. The highest BCUT2D eigenvalue weighted by Gasteiger charge is 2.40. The molecular weight excluding hydrogens is 303 g/mol. The smallest absolute Gasteiger partial charge is 0.265 e. The molecular formula is C13H18Cl2N2OS. The maximum atomic E-state index is 12.4. The topological polar surface area (TPSA) is 46.3 Å². The lowest BCUT2D eigenvalue weighted by Crippen LogP contribution is -2.38. The van der Waals surface area contributed by atoms with Crippen molar-refractivity contribution >= 4 is 41.3 Å². The Balaban J connectivity index is 0.00000133. The van der Waals surface area contributed by atoms with E-state index in [-0.39, 0.29) is 24.4 Å². The molecule has 0 aromatic carbocycles. The quantitative estimate of drug-likeness (QED) is 0.864. The van der Waals surface area contributed by atoms with E-state index in [0.717, 1.165) is 19.5 Å². The van der Waals surface area contributed by atoms with Crippen LogP contribution in [0.15, 0.2) is 11.4 Å². The standard InChI is InChI=1S/C13H17ClN2OS.ClH/c14-10-4-5-18-12(10)13(17)16-6-8-2-1-3-11(15)9(8)7-16;/h4-5,8-9,11H,1-3,6-7,15H2;1H. The first-order valence-corrected chi connectivity index (χ1v) is 7.70. The molecule has 1 saturated carbocycles. The van der Waals surface area contributed by atoms with Crippen molar-refractivity contribution < 1.29 is 4.79 Å². The van der Waals surface area contributed by atoms with E-state index in [2.05, 4.69) is 0 Å². The van der Waals surface area contributed by atoms with E-state index >= 15 is 0 Å². The zero-order chi connectivity index (χ0) is 12.7. The molecule has 2 aliphatic rings. The summed E-state index contributed by atoms with van der Waals surface area (Å²) >= 11 is 7.46. The summed E-state index contributed by atoms with van der Waals surface area (Å²) in [5.74, 6) is 1.16. The average Bonchev–Trinajstić information content (AvgIpc) is 2.95. The second kappa shape index (κ2) is 6.00. The van der Waals surface area contributed by atoms with E-state index < -0.39 is 0 Å². The summed E-state index contributed by atoms with van der Waals surface area (Å²) in [6.07, 6.45) is 3.51. The molecule has 0 radical (unpaired) electrons. The SMILES string of the molecule is Cl.NC1CCCC2CN(C(=O)c3sccc3Cl)CC12. The average molecular weight is 321 g/mol. The van der Waals surface area contributed by atoms with E-state index in [1.54, 1.807) is 6.07 Å². The molecule has 1 amide bonds. The fourth-order valence-electron chi connectivity index (χ4n) is 3.27. The van der Waals surface area contributed by atoms with Crippen molar-refractivity contribution in [2.45, 2.75) is 25.3 Å². The summed E-state index contributed by atoms with van der Waals surface area (Å²) in [6.45, 7) is 1.66. The first kappa shape index (κ1) is 15.1. The summed E-state index contributed by atoms with van der Waals surface area (Å²) in [5.41, 5.74) is 6.17. The van der Waals surface area contributed by atoms with Crippen LogP contribution < -0.4 is 5.73 Å². The molecule has 3 nitrogen and oxygen atoms in total. The highest BCUT2D eigenvalue weighted by Crippen LogP contribution is 2.37. The molecule has 1 aliphatic carbocycles. The number of rotatable bonds is 1. The second-order valence-corrected chi connectivity index (χ2v) is 6.65. The van der Waals surface area contributed by atoms with Gasteiger partial charge >= 0.3 is 0 Å². The van der Waals surface area contributed by atoms with Crippen molar-refractivity contribution in [2.24, 2.45) is 17.6 Å². The van der Waals surface area contributed by atoms with Gasteiger partial charge in [-0.3, -0.25) is 4.79 Å². The maximum Gasteiger partial charge on any atom is 0.265 e. The van der Waals surface area contributed by atoms with Gasteiger partial charge in [-0.1, -0.05) is 18.0 Å². The van der Waals surface area contributed by atoms with Crippen LogP contribution in [0.25, 0.3) is 0 Å². The van der Waals surface area contributed by atoms with Crippen LogP contribution in [-0.4, -0.2) is 29.9 Å². The molecule has 1 aromatic rings. The number of nitrogens with two attached hydrogens (primary N) is 1. The van der Waals surface area contributed by atoms with Crippen molar-refractivity contribution in [1.29, 1.82) is 0 Å². The maximum absolute atomic E-state index is 12.4. The van der Waals surface area contributed by atoms with Crippen molar-refractivity contribution in [1.82, 2.24) is 4.90 Å². The third kappa shape index (κ3) is 2.77. The van der Waals surface area contributed by atoms with Crippen LogP contribution in [0.3, 0.4) is 0 Å². The molecule has 1 aliphatic heterocycles.